The smallest absolute Gasteiger partial charge is 0.401 e. The molecule has 0 bridgehead atoms. The number of pyridine rings is 1. The predicted octanol–water partition coefficient (Wildman–Crippen LogP) is 4.67. The number of ether oxygens (including phenoxy) is 1. The minimum Gasteiger partial charge on any atom is -0.496 e. The van der Waals surface area contributed by atoms with Gasteiger partial charge in [-0.1, -0.05) is 13.8 Å². The minimum absolute atomic E-state index is 0.0558. The number of aromatic nitrogens is 3. The van der Waals surface area contributed by atoms with Crippen molar-refractivity contribution in [3.8, 4) is 11.1 Å². The van der Waals surface area contributed by atoms with E-state index in [1.807, 2.05) is 44.4 Å². The second-order valence-corrected chi connectivity index (χ2v) is 10.8. The van der Waals surface area contributed by atoms with Gasteiger partial charge in [-0.3, -0.25) is 19.4 Å². The molecule has 0 aromatic carbocycles. The highest BCUT2D eigenvalue weighted by Crippen LogP contribution is 2.30. The summed E-state index contributed by atoms with van der Waals surface area (Å²) in [5, 5.41) is 5.83. The summed E-state index contributed by atoms with van der Waals surface area (Å²) in [5.74, 6) is 0.586. The largest absolute Gasteiger partial charge is 0.496 e. The number of hydrogen-bond donors (Lipinski definition) is 2. The molecule has 250 valence electrons. The van der Waals surface area contributed by atoms with E-state index >= 15 is 0 Å². The third kappa shape index (κ3) is 9.16. The van der Waals surface area contributed by atoms with E-state index in [2.05, 4.69) is 25.5 Å². The first-order valence-corrected chi connectivity index (χ1v) is 15.2. The highest BCUT2D eigenvalue weighted by atomic mass is 19.4. The van der Waals surface area contributed by atoms with Gasteiger partial charge in [0.2, 0.25) is 0 Å². The number of amides is 1. The lowest BCUT2D eigenvalue weighted by atomic mass is 10.0. The van der Waals surface area contributed by atoms with Crippen molar-refractivity contribution >= 4 is 17.7 Å². The Morgan fingerprint density at radius 2 is 1.72 bits per heavy atom. The van der Waals surface area contributed by atoms with E-state index in [4.69, 9.17) is 4.74 Å². The molecule has 46 heavy (non-hydrogen) atoms. The molecule has 0 spiro atoms. The second-order valence-electron chi connectivity index (χ2n) is 10.8. The van der Waals surface area contributed by atoms with E-state index in [9.17, 15) is 22.8 Å². The molecule has 4 heterocycles. The first-order chi connectivity index (χ1) is 21.9. The zero-order valence-electron chi connectivity index (χ0n) is 27.6. The number of carbonyl (C=O) groups is 2. The Bertz CT molecular complexity index is 1560. The molecule has 2 N–H and O–H groups in total. The topological polar surface area (TPSA) is 104 Å². The Labute approximate surface area is 268 Å². The van der Waals surface area contributed by atoms with Crippen molar-refractivity contribution in [2.75, 3.05) is 53.4 Å². The molecule has 1 amide bonds. The number of halogens is 3. The number of carbonyl (C=O) groups excluding carboxylic acids is 2. The van der Waals surface area contributed by atoms with Gasteiger partial charge < -0.3 is 19.8 Å². The molecule has 0 saturated carbocycles. The highest BCUT2D eigenvalue weighted by molar-refractivity contribution is 5.99. The SMILES string of the molecule is CC.CN/C(C)=C\C(OC)=C(/C=O)CNC(=O)c1cc2c(-c3cnc(C)nc3)ccn2c(CN2CCN(CC(F)(F)F)CC2)c1C. The standard InChI is InChI=1S/C31H38F3N7O3.C2H6/c1-20(35-4)12-29(44-5)24(18-42)16-38-30(43)26-13-27-25(23-14-36-22(3)37-15-23)6-7-41(27)28(21(26)2)17-39-8-10-40(11-9-39)19-31(32,33)34;1-2/h6-7,12-15,18,35H,8-11,16-17,19H2,1-5H3,(H,38,43);1-2H3/b20-12-,29-24+;. The summed E-state index contributed by atoms with van der Waals surface area (Å²) in [4.78, 5) is 37.7. The Morgan fingerprint density at radius 1 is 1.09 bits per heavy atom. The van der Waals surface area contributed by atoms with Crippen molar-refractivity contribution in [3.63, 3.8) is 0 Å². The Kier molecular flexibility index (Phi) is 12.9. The molecule has 0 aliphatic carbocycles. The number of aryl methyl sites for hydroxylation is 1. The van der Waals surface area contributed by atoms with E-state index in [-0.39, 0.29) is 18.0 Å². The number of nitrogens with zero attached hydrogens (tertiary/aromatic N) is 5. The minimum atomic E-state index is -4.24. The predicted molar refractivity (Wildman–Crippen MR) is 172 cm³/mol. The van der Waals surface area contributed by atoms with Gasteiger partial charge in [0.05, 0.1) is 24.7 Å². The number of piperazine rings is 1. The molecule has 13 heteroatoms. The van der Waals surface area contributed by atoms with Crippen LogP contribution in [0.3, 0.4) is 0 Å². The summed E-state index contributed by atoms with van der Waals surface area (Å²) >= 11 is 0. The van der Waals surface area contributed by atoms with Crippen LogP contribution in [0.5, 0.6) is 0 Å². The van der Waals surface area contributed by atoms with Crippen molar-refractivity contribution in [1.82, 2.24) is 34.8 Å². The van der Waals surface area contributed by atoms with Gasteiger partial charge in [0.15, 0.2) is 6.29 Å². The zero-order valence-corrected chi connectivity index (χ0v) is 27.6. The fourth-order valence-corrected chi connectivity index (χ4v) is 5.19. The lowest BCUT2D eigenvalue weighted by Gasteiger charge is -2.35. The maximum absolute atomic E-state index is 13.7. The number of methoxy groups -OCH3 is 1. The third-order valence-corrected chi connectivity index (χ3v) is 7.77. The lowest BCUT2D eigenvalue weighted by Crippen LogP contribution is -2.48. The fourth-order valence-electron chi connectivity index (χ4n) is 5.19. The fraction of sp³-hybridized carbons (Fsp3) is 0.455. The van der Waals surface area contributed by atoms with Crippen molar-refractivity contribution in [2.24, 2.45) is 0 Å². The summed E-state index contributed by atoms with van der Waals surface area (Å²) in [6.45, 7) is 10.4. The lowest BCUT2D eigenvalue weighted by molar-refractivity contribution is -0.149. The summed E-state index contributed by atoms with van der Waals surface area (Å²) < 4.78 is 46.2. The van der Waals surface area contributed by atoms with Crippen LogP contribution in [-0.2, 0) is 16.1 Å². The van der Waals surface area contributed by atoms with E-state index in [0.717, 1.165) is 33.6 Å². The van der Waals surface area contributed by atoms with Gasteiger partial charge in [0.25, 0.3) is 5.91 Å². The number of alkyl halides is 3. The first kappa shape index (κ1) is 36.2. The molecular weight excluding hydrogens is 599 g/mol. The molecular formula is C33H44F3N7O3. The molecule has 1 fully saturated rings. The first-order valence-electron chi connectivity index (χ1n) is 15.2. The molecule has 0 radical (unpaired) electrons. The van der Waals surface area contributed by atoms with Gasteiger partial charge in [0, 0.05) is 93.0 Å². The van der Waals surface area contributed by atoms with Gasteiger partial charge in [0.1, 0.15) is 11.6 Å². The highest BCUT2D eigenvalue weighted by Gasteiger charge is 2.32. The van der Waals surface area contributed by atoms with E-state index in [1.165, 1.54) is 12.0 Å². The summed E-state index contributed by atoms with van der Waals surface area (Å²) in [6, 6.07) is 3.74. The monoisotopic (exact) mass is 643 g/mol. The maximum Gasteiger partial charge on any atom is 0.401 e. The maximum atomic E-state index is 13.7. The number of allylic oxidation sites excluding steroid dienone is 2. The molecule has 1 aliphatic heterocycles. The van der Waals surface area contributed by atoms with Crippen LogP contribution < -0.4 is 10.6 Å². The normalized spacial score (nSPS) is 15.1. The van der Waals surface area contributed by atoms with Gasteiger partial charge in [-0.2, -0.15) is 13.2 Å². The van der Waals surface area contributed by atoms with Crippen LogP contribution in [0.25, 0.3) is 16.6 Å². The Hall–Kier alpha value is -4.23. The van der Waals surface area contributed by atoms with Crippen LogP contribution in [0.4, 0.5) is 13.2 Å². The summed E-state index contributed by atoms with van der Waals surface area (Å²) in [7, 11) is 3.20. The van der Waals surface area contributed by atoms with Crippen molar-refractivity contribution in [1.29, 1.82) is 0 Å². The van der Waals surface area contributed by atoms with Crippen molar-refractivity contribution < 1.29 is 27.5 Å². The number of nitrogens with one attached hydrogen (secondary N) is 2. The molecule has 10 nitrogen and oxygen atoms in total. The van der Waals surface area contributed by atoms with E-state index in [0.29, 0.717) is 56.2 Å². The average molecular weight is 644 g/mol. The van der Waals surface area contributed by atoms with Crippen LogP contribution in [0, 0.1) is 13.8 Å². The van der Waals surface area contributed by atoms with Gasteiger partial charge in [-0.15, -0.1) is 0 Å². The van der Waals surface area contributed by atoms with Gasteiger partial charge in [-0.05, 0) is 44.5 Å². The van der Waals surface area contributed by atoms with Crippen LogP contribution in [0.1, 0.15) is 48.2 Å². The van der Waals surface area contributed by atoms with Crippen LogP contribution in [-0.4, -0.2) is 96.0 Å². The molecule has 3 aromatic rings. The van der Waals surface area contributed by atoms with Gasteiger partial charge in [-0.25, -0.2) is 9.97 Å². The van der Waals surface area contributed by atoms with Gasteiger partial charge >= 0.3 is 6.18 Å². The second kappa shape index (κ2) is 16.4. The Balaban J connectivity index is 0.00000282. The quantitative estimate of drug-likeness (QED) is 0.135. The number of fused-ring (bicyclic) bond motifs is 1. The Morgan fingerprint density at radius 3 is 2.28 bits per heavy atom. The van der Waals surface area contributed by atoms with Crippen molar-refractivity contribution in [3.05, 3.63) is 76.5 Å². The summed E-state index contributed by atoms with van der Waals surface area (Å²) in [6.07, 6.45) is 3.47. The van der Waals surface area contributed by atoms with Crippen LogP contribution >= 0.6 is 0 Å². The molecule has 1 saturated heterocycles. The third-order valence-electron chi connectivity index (χ3n) is 7.77. The number of aldehydes is 1. The van der Waals surface area contributed by atoms with Crippen LogP contribution in [0.2, 0.25) is 0 Å². The van der Waals surface area contributed by atoms with E-state index < -0.39 is 12.7 Å². The van der Waals surface area contributed by atoms with Crippen LogP contribution in [0.15, 0.2) is 53.8 Å². The van der Waals surface area contributed by atoms with Crippen molar-refractivity contribution in [2.45, 2.75) is 47.3 Å². The molecule has 1 aliphatic rings. The number of rotatable bonds is 11. The average Bonchev–Trinajstić information content (AvgIpc) is 3.46. The molecule has 0 unspecified atom stereocenters. The number of hydrogen-bond acceptors (Lipinski definition) is 8. The van der Waals surface area contributed by atoms with E-state index in [1.54, 1.807) is 38.5 Å². The molecule has 4 rings (SSSR count). The zero-order chi connectivity index (χ0) is 34.0. The molecule has 3 aromatic heterocycles. The summed E-state index contributed by atoms with van der Waals surface area (Å²) in [5.41, 5.74) is 5.40. The molecule has 0 atom stereocenters.